The van der Waals surface area contributed by atoms with E-state index in [2.05, 4.69) is 24.5 Å². The van der Waals surface area contributed by atoms with Crippen LogP contribution in [-0.4, -0.2) is 6.03 Å². The van der Waals surface area contributed by atoms with Crippen molar-refractivity contribution in [3.8, 4) is 0 Å². The first-order chi connectivity index (χ1) is 11.0. The standard InChI is InChI=1S/C19H21ClN2O/c1-13(2)17-9-4-6-14(3)18(17)22-19(23)21-11-10-15-7-5-8-16(20)12-15/h4-13H,1-3H3,(H2,21,22,23)/b11-10+. The minimum atomic E-state index is -0.264. The summed E-state index contributed by atoms with van der Waals surface area (Å²) in [5.41, 5.74) is 3.97. The molecule has 120 valence electrons. The number of rotatable bonds is 4. The molecule has 0 fully saturated rings. The summed E-state index contributed by atoms with van der Waals surface area (Å²) in [6, 6.07) is 13.2. The SMILES string of the molecule is Cc1cccc(C(C)C)c1NC(=O)N/C=C/c1cccc(Cl)c1. The van der Waals surface area contributed by atoms with E-state index in [9.17, 15) is 4.79 Å². The van der Waals surface area contributed by atoms with E-state index in [-0.39, 0.29) is 6.03 Å². The van der Waals surface area contributed by atoms with Gasteiger partial charge in [0.2, 0.25) is 0 Å². The van der Waals surface area contributed by atoms with Crippen LogP contribution in [0.25, 0.3) is 6.08 Å². The van der Waals surface area contributed by atoms with Crippen molar-refractivity contribution in [2.45, 2.75) is 26.7 Å². The second-order valence-corrected chi connectivity index (χ2v) is 6.12. The molecule has 0 spiro atoms. The lowest BCUT2D eigenvalue weighted by atomic mass is 9.98. The fraction of sp³-hybridized carbons (Fsp3) is 0.211. The van der Waals surface area contributed by atoms with E-state index >= 15 is 0 Å². The molecule has 0 aromatic heterocycles. The van der Waals surface area contributed by atoms with E-state index in [4.69, 9.17) is 11.6 Å². The molecule has 23 heavy (non-hydrogen) atoms. The van der Waals surface area contributed by atoms with Gasteiger partial charge < -0.3 is 10.6 Å². The van der Waals surface area contributed by atoms with Gasteiger partial charge in [0.25, 0.3) is 0 Å². The second kappa shape index (κ2) is 7.84. The number of hydrogen-bond donors (Lipinski definition) is 2. The molecule has 0 aliphatic carbocycles. The van der Waals surface area contributed by atoms with Gasteiger partial charge in [0.05, 0.1) is 0 Å². The van der Waals surface area contributed by atoms with Gasteiger partial charge in [-0.05, 0) is 47.7 Å². The van der Waals surface area contributed by atoms with Crippen LogP contribution in [0.15, 0.2) is 48.7 Å². The van der Waals surface area contributed by atoms with E-state index in [0.717, 1.165) is 22.4 Å². The van der Waals surface area contributed by atoms with Gasteiger partial charge in [-0.1, -0.05) is 55.8 Å². The Morgan fingerprint density at radius 2 is 1.91 bits per heavy atom. The molecule has 2 rings (SSSR count). The summed E-state index contributed by atoms with van der Waals surface area (Å²) in [4.78, 5) is 12.1. The van der Waals surface area contributed by atoms with E-state index in [0.29, 0.717) is 10.9 Å². The number of carbonyl (C=O) groups excluding carboxylic acids is 1. The fourth-order valence-electron chi connectivity index (χ4n) is 2.32. The third-order valence-electron chi connectivity index (χ3n) is 3.50. The van der Waals surface area contributed by atoms with E-state index in [1.165, 1.54) is 0 Å². The Balaban J connectivity index is 2.03. The summed E-state index contributed by atoms with van der Waals surface area (Å²) < 4.78 is 0. The first-order valence-corrected chi connectivity index (χ1v) is 7.94. The van der Waals surface area contributed by atoms with E-state index < -0.39 is 0 Å². The maximum absolute atomic E-state index is 12.1. The Labute approximate surface area is 142 Å². The monoisotopic (exact) mass is 328 g/mol. The van der Waals surface area contributed by atoms with Gasteiger partial charge in [0.1, 0.15) is 0 Å². The average molecular weight is 329 g/mol. The number of benzene rings is 2. The van der Waals surface area contributed by atoms with Crippen LogP contribution in [-0.2, 0) is 0 Å². The molecule has 0 aliphatic heterocycles. The van der Waals surface area contributed by atoms with Gasteiger partial charge in [-0.3, -0.25) is 0 Å². The first kappa shape index (κ1) is 17.1. The molecule has 2 aromatic carbocycles. The van der Waals surface area contributed by atoms with Crippen LogP contribution in [0.3, 0.4) is 0 Å². The Kier molecular flexibility index (Phi) is 5.83. The molecule has 2 aromatic rings. The topological polar surface area (TPSA) is 41.1 Å². The summed E-state index contributed by atoms with van der Waals surface area (Å²) in [6.07, 6.45) is 3.40. The number of halogens is 1. The molecule has 0 aliphatic rings. The van der Waals surface area contributed by atoms with Crippen LogP contribution in [0.2, 0.25) is 5.02 Å². The number of para-hydroxylation sites is 1. The lowest BCUT2D eigenvalue weighted by Crippen LogP contribution is -2.25. The molecular formula is C19H21ClN2O. The van der Waals surface area contributed by atoms with Gasteiger partial charge in [0.15, 0.2) is 0 Å². The number of carbonyl (C=O) groups is 1. The summed E-state index contributed by atoms with van der Waals surface area (Å²) in [6.45, 7) is 6.21. The highest BCUT2D eigenvalue weighted by atomic mass is 35.5. The molecule has 0 saturated heterocycles. The highest BCUT2D eigenvalue weighted by Gasteiger charge is 2.11. The Morgan fingerprint density at radius 3 is 2.61 bits per heavy atom. The maximum atomic E-state index is 12.1. The Hall–Kier alpha value is -2.26. The van der Waals surface area contributed by atoms with Gasteiger partial charge >= 0.3 is 6.03 Å². The van der Waals surface area contributed by atoms with Crippen molar-refractivity contribution in [3.63, 3.8) is 0 Å². The minimum Gasteiger partial charge on any atom is -0.314 e. The predicted octanol–water partition coefficient (Wildman–Crippen LogP) is 5.56. The van der Waals surface area contributed by atoms with Crippen LogP contribution < -0.4 is 10.6 Å². The molecule has 2 amide bonds. The molecule has 3 nitrogen and oxygen atoms in total. The lowest BCUT2D eigenvalue weighted by Gasteiger charge is -2.16. The lowest BCUT2D eigenvalue weighted by molar-refractivity contribution is 0.255. The summed E-state index contributed by atoms with van der Waals surface area (Å²) >= 11 is 5.92. The highest BCUT2D eigenvalue weighted by Crippen LogP contribution is 2.27. The van der Waals surface area contributed by atoms with Gasteiger partial charge in [-0.2, -0.15) is 0 Å². The van der Waals surface area contributed by atoms with Crippen LogP contribution in [0.1, 0.15) is 36.5 Å². The zero-order chi connectivity index (χ0) is 16.8. The molecule has 0 atom stereocenters. The van der Waals surface area contributed by atoms with Crippen molar-refractivity contribution in [2.24, 2.45) is 0 Å². The number of amides is 2. The molecule has 0 heterocycles. The normalized spacial score (nSPS) is 11.0. The molecule has 2 N–H and O–H groups in total. The van der Waals surface area contributed by atoms with Gasteiger partial charge in [-0.25, -0.2) is 4.79 Å². The molecule has 4 heteroatoms. The van der Waals surface area contributed by atoms with Gasteiger partial charge in [-0.15, -0.1) is 0 Å². The molecular weight excluding hydrogens is 308 g/mol. The van der Waals surface area contributed by atoms with Crippen molar-refractivity contribution in [1.29, 1.82) is 0 Å². The third-order valence-corrected chi connectivity index (χ3v) is 3.74. The zero-order valence-corrected chi connectivity index (χ0v) is 14.3. The highest BCUT2D eigenvalue weighted by molar-refractivity contribution is 6.30. The van der Waals surface area contributed by atoms with Crippen molar-refractivity contribution in [2.75, 3.05) is 5.32 Å². The number of anilines is 1. The van der Waals surface area contributed by atoms with E-state index in [1.54, 1.807) is 12.3 Å². The van der Waals surface area contributed by atoms with Crippen LogP contribution in [0, 0.1) is 6.92 Å². The van der Waals surface area contributed by atoms with E-state index in [1.807, 2.05) is 49.4 Å². The zero-order valence-electron chi connectivity index (χ0n) is 13.6. The average Bonchev–Trinajstić information content (AvgIpc) is 2.49. The van der Waals surface area contributed by atoms with Crippen molar-refractivity contribution >= 4 is 29.4 Å². The fourth-order valence-corrected chi connectivity index (χ4v) is 2.51. The number of hydrogen-bond acceptors (Lipinski definition) is 1. The second-order valence-electron chi connectivity index (χ2n) is 5.68. The third kappa shape index (κ3) is 4.86. The predicted molar refractivity (Wildman–Crippen MR) is 97.9 cm³/mol. The quantitative estimate of drug-likeness (QED) is 0.757. The Bertz CT molecular complexity index is 723. The summed E-state index contributed by atoms with van der Waals surface area (Å²) in [5, 5.41) is 6.31. The maximum Gasteiger partial charge on any atom is 0.323 e. The van der Waals surface area contributed by atoms with Crippen LogP contribution >= 0.6 is 11.6 Å². The largest absolute Gasteiger partial charge is 0.323 e. The minimum absolute atomic E-state index is 0.264. The smallest absolute Gasteiger partial charge is 0.314 e. The van der Waals surface area contributed by atoms with Crippen molar-refractivity contribution < 1.29 is 4.79 Å². The molecule has 0 bridgehead atoms. The number of aryl methyl sites for hydroxylation is 1. The van der Waals surface area contributed by atoms with Crippen LogP contribution in [0.4, 0.5) is 10.5 Å². The number of nitrogens with one attached hydrogen (secondary N) is 2. The molecule has 0 unspecified atom stereocenters. The molecule has 0 saturated carbocycles. The van der Waals surface area contributed by atoms with Crippen LogP contribution in [0.5, 0.6) is 0 Å². The van der Waals surface area contributed by atoms with Gasteiger partial charge in [0, 0.05) is 16.9 Å². The van der Waals surface area contributed by atoms with Crippen molar-refractivity contribution in [1.82, 2.24) is 5.32 Å². The molecule has 0 radical (unpaired) electrons. The summed E-state index contributed by atoms with van der Waals surface area (Å²) in [7, 11) is 0. The summed E-state index contributed by atoms with van der Waals surface area (Å²) in [5.74, 6) is 0.340. The van der Waals surface area contributed by atoms with Crippen molar-refractivity contribution in [3.05, 3.63) is 70.4 Å². The number of urea groups is 1. The first-order valence-electron chi connectivity index (χ1n) is 7.56. The Morgan fingerprint density at radius 1 is 1.17 bits per heavy atom.